The molecule has 1 amide bonds. The van der Waals surface area contributed by atoms with E-state index in [0.29, 0.717) is 42.2 Å². The first-order valence-electron chi connectivity index (χ1n) is 7.88. The first kappa shape index (κ1) is 18.1. The molecular weight excluding hydrogens is 313 g/mol. The van der Waals surface area contributed by atoms with Gasteiger partial charge >= 0.3 is 0 Å². The standard InChI is InChI=1S/C17H22FN3O3/c1-11-10-13(4-5-14(11)18)17-19-15(24-20-17)6-7-16(23)21(3)9-8-12(2)22/h4-5,10,12,22H,6-9H2,1-3H3. The molecule has 0 aliphatic rings. The fraction of sp³-hybridized carbons (Fsp3) is 0.471. The quantitative estimate of drug-likeness (QED) is 0.840. The third-order valence-electron chi connectivity index (χ3n) is 3.75. The fourth-order valence-electron chi connectivity index (χ4n) is 2.17. The molecule has 0 spiro atoms. The number of amides is 1. The lowest BCUT2D eigenvalue weighted by Crippen LogP contribution is -2.29. The molecule has 1 unspecified atom stereocenters. The average Bonchev–Trinajstić information content (AvgIpc) is 3.01. The van der Waals surface area contributed by atoms with Crippen LogP contribution >= 0.6 is 0 Å². The minimum Gasteiger partial charge on any atom is -0.393 e. The van der Waals surface area contributed by atoms with Crippen molar-refractivity contribution in [3.8, 4) is 11.4 Å². The topological polar surface area (TPSA) is 79.5 Å². The molecule has 1 aromatic heterocycles. The lowest BCUT2D eigenvalue weighted by atomic mass is 10.1. The monoisotopic (exact) mass is 335 g/mol. The zero-order chi connectivity index (χ0) is 17.7. The van der Waals surface area contributed by atoms with E-state index in [2.05, 4.69) is 10.1 Å². The number of rotatable bonds is 7. The van der Waals surface area contributed by atoms with Gasteiger partial charge in [-0.1, -0.05) is 5.16 Å². The molecule has 0 radical (unpaired) electrons. The molecule has 6 nitrogen and oxygen atoms in total. The number of aliphatic hydroxyl groups is 1. The summed E-state index contributed by atoms with van der Waals surface area (Å²) in [6.45, 7) is 3.86. The van der Waals surface area contributed by atoms with E-state index < -0.39 is 6.10 Å². The molecule has 0 bridgehead atoms. The molecule has 1 atom stereocenters. The lowest BCUT2D eigenvalue weighted by molar-refractivity contribution is -0.130. The Hall–Kier alpha value is -2.28. The van der Waals surface area contributed by atoms with Crippen LogP contribution in [0.2, 0.25) is 0 Å². The van der Waals surface area contributed by atoms with Crippen LogP contribution in [0.15, 0.2) is 22.7 Å². The molecule has 0 saturated carbocycles. The van der Waals surface area contributed by atoms with Crippen molar-refractivity contribution in [3.63, 3.8) is 0 Å². The Morgan fingerprint density at radius 3 is 2.88 bits per heavy atom. The zero-order valence-corrected chi connectivity index (χ0v) is 14.1. The van der Waals surface area contributed by atoms with Gasteiger partial charge < -0.3 is 14.5 Å². The van der Waals surface area contributed by atoms with Crippen molar-refractivity contribution < 1.29 is 18.8 Å². The van der Waals surface area contributed by atoms with Crippen LogP contribution in [0, 0.1) is 12.7 Å². The van der Waals surface area contributed by atoms with Crippen molar-refractivity contribution in [2.45, 2.75) is 39.2 Å². The van der Waals surface area contributed by atoms with Crippen molar-refractivity contribution in [3.05, 3.63) is 35.5 Å². The molecular formula is C17H22FN3O3. The van der Waals surface area contributed by atoms with Gasteiger partial charge in [0.25, 0.3) is 0 Å². The predicted molar refractivity (Wildman–Crippen MR) is 86.7 cm³/mol. The third-order valence-corrected chi connectivity index (χ3v) is 3.75. The molecule has 2 aromatic rings. The number of benzene rings is 1. The fourth-order valence-corrected chi connectivity index (χ4v) is 2.17. The Kier molecular flexibility index (Phi) is 6.03. The minimum absolute atomic E-state index is 0.0481. The van der Waals surface area contributed by atoms with Crippen molar-refractivity contribution >= 4 is 5.91 Å². The number of aryl methyl sites for hydroxylation is 2. The second kappa shape index (κ2) is 8.01. The van der Waals surface area contributed by atoms with Crippen LogP contribution in [0.1, 0.15) is 31.2 Å². The molecule has 0 fully saturated rings. The number of halogens is 1. The van der Waals surface area contributed by atoms with Crippen LogP contribution in [-0.2, 0) is 11.2 Å². The Labute approximate surface area is 140 Å². The number of aromatic nitrogens is 2. The molecule has 0 aliphatic carbocycles. The SMILES string of the molecule is Cc1cc(-c2noc(CCC(=O)N(C)CCC(C)O)n2)ccc1F. The summed E-state index contributed by atoms with van der Waals surface area (Å²) >= 11 is 0. The van der Waals surface area contributed by atoms with E-state index in [1.54, 1.807) is 37.9 Å². The van der Waals surface area contributed by atoms with Crippen molar-refractivity contribution in [2.75, 3.05) is 13.6 Å². The molecule has 24 heavy (non-hydrogen) atoms. The van der Waals surface area contributed by atoms with Gasteiger partial charge in [-0.2, -0.15) is 4.98 Å². The number of carbonyl (C=O) groups excluding carboxylic acids is 1. The van der Waals surface area contributed by atoms with Gasteiger partial charge in [-0.3, -0.25) is 4.79 Å². The van der Waals surface area contributed by atoms with Crippen LogP contribution < -0.4 is 0 Å². The first-order valence-corrected chi connectivity index (χ1v) is 7.88. The van der Waals surface area contributed by atoms with Gasteiger partial charge in [-0.05, 0) is 44.0 Å². The Balaban J connectivity index is 1.91. The number of aliphatic hydroxyl groups excluding tert-OH is 1. The van der Waals surface area contributed by atoms with Gasteiger partial charge in [0.15, 0.2) is 0 Å². The second-order valence-electron chi connectivity index (χ2n) is 5.93. The van der Waals surface area contributed by atoms with E-state index in [-0.39, 0.29) is 18.1 Å². The molecule has 130 valence electrons. The van der Waals surface area contributed by atoms with Crippen molar-refractivity contribution in [2.24, 2.45) is 0 Å². The van der Waals surface area contributed by atoms with Gasteiger partial charge in [0, 0.05) is 32.0 Å². The Morgan fingerprint density at radius 2 is 2.21 bits per heavy atom. The van der Waals surface area contributed by atoms with Gasteiger partial charge in [-0.15, -0.1) is 0 Å². The van der Waals surface area contributed by atoms with Gasteiger partial charge in [-0.25, -0.2) is 4.39 Å². The van der Waals surface area contributed by atoms with Gasteiger partial charge in [0.2, 0.25) is 17.6 Å². The van der Waals surface area contributed by atoms with E-state index >= 15 is 0 Å². The van der Waals surface area contributed by atoms with Crippen molar-refractivity contribution in [1.29, 1.82) is 0 Å². The second-order valence-corrected chi connectivity index (χ2v) is 5.93. The molecule has 1 aromatic carbocycles. The first-order chi connectivity index (χ1) is 11.4. The summed E-state index contributed by atoms with van der Waals surface area (Å²) < 4.78 is 18.4. The highest BCUT2D eigenvalue weighted by Crippen LogP contribution is 2.19. The largest absolute Gasteiger partial charge is 0.393 e. The minimum atomic E-state index is -0.432. The molecule has 7 heteroatoms. The van der Waals surface area contributed by atoms with Crippen LogP contribution in [0.5, 0.6) is 0 Å². The van der Waals surface area contributed by atoms with E-state index in [4.69, 9.17) is 4.52 Å². The van der Waals surface area contributed by atoms with Crippen LogP contribution in [0.4, 0.5) is 4.39 Å². The van der Waals surface area contributed by atoms with E-state index in [1.165, 1.54) is 6.07 Å². The molecule has 0 aliphatic heterocycles. The van der Waals surface area contributed by atoms with Crippen LogP contribution in [0.3, 0.4) is 0 Å². The maximum atomic E-state index is 13.3. The van der Waals surface area contributed by atoms with Gasteiger partial charge in [0.05, 0.1) is 6.10 Å². The zero-order valence-electron chi connectivity index (χ0n) is 14.1. The van der Waals surface area contributed by atoms with Crippen LogP contribution in [-0.4, -0.2) is 45.8 Å². The lowest BCUT2D eigenvalue weighted by Gasteiger charge is -2.17. The van der Waals surface area contributed by atoms with E-state index in [0.717, 1.165) is 0 Å². The predicted octanol–water partition coefficient (Wildman–Crippen LogP) is 2.35. The maximum absolute atomic E-state index is 13.3. The van der Waals surface area contributed by atoms with Gasteiger partial charge in [0.1, 0.15) is 5.82 Å². The molecule has 1 heterocycles. The number of hydrogen-bond acceptors (Lipinski definition) is 5. The normalized spacial score (nSPS) is 12.2. The van der Waals surface area contributed by atoms with E-state index in [1.807, 2.05) is 0 Å². The smallest absolute Gasteiger partial charge is 0.227 e. The van der Waals surface area contributed by atoms with Crippen LogP contribution in [0.25, 0.3) is 11.4 Å². The average molecular weight is 335 g/mol. The summed E-state index contributed by atoms with van der Waals surface area (Å²) in [5.74, 6) is 0.411. The molecule has 1 N–H and O–H groups in total. The highest BCUT2D eigenvalue weighted by Gasteiger charge is 2.14. The summed E-state index contributed by atoms with van der Waals surface area (Å²) in [5.41, 5.74) is 1.18. The Bertz CT molecular complexity index is 700. The van der Waals surface area contributed by atoms with E-state index in [9.17, 15) is 14.3 Å². The summed E-state index contributed by atoms with van der Waals surface area (Å²) in [6.07, 6.45) is 0.695. The highest BCUT2D eigenvalue weighted by molar-refractivity contribution is 5.76. The number of hydrogen-bond donors (Lipinski definition) is 1. The highest BCUT2D eigenvalue weighted by atomic mass is 19.1. The van der Waals surface area contributed by atoms with Crippen molar-refractivity contribution in [1.82, 2.24) is 15.0 Å². The third kappa shape index (κ3) is 4.86. The Morgan fingerprint density at radius 1 is 1.46 bits per heavy atom. The maximum Gasteiger partial charge on any atom is 0.227 e. The summed E-state index contributed by atoms with van der Waals surface area (Å²) in [5, 5.41) is 13.1. The summed E-state index contributed by atoms with van der Waals surface area (Å²) in [4.78, 5) is 17.8. The summed E-state index contributed by atoms with van der Waals surface area (Å²) in [7, 11) is 1.70. The summed E-state index contributed by atoms with van der Waals surface area (Å²) in [6, 6.07) is 4.60. The molecule has 0 saturated heterocycles. The number of carbonyl (C=O) groups is 1. The molecule has 2 rings (SSSR count). The number of nitrogens with zero attached hydrogens (tertiary/aromatic N) is 3.